The van der Waals surface area contributed by atoms with E-state index in [2.05, 4.69) is 10.5 Å². The van der Waals surface area contributed by atoms with Crippen molar-refractivity contribution in [2.75, 3.05) is 0 Å². The van der Waals surface area contributed by atoms with Crippen LogP contribution in [0.15, 0.2) is 41.1 Å². The van der Waals surface area contributed by atoms with Crippen LogP contribution in [-0.2, 0) is 4.74 Å². The van der Waals surface area contributed by atoms with E-state index in [1.165, 1.54) is 6.26 Å². The van der Waals surface area contributed by atoms with Crippen molar-refractivity contribution in [2.24, 2.45) is 0 Å². The van der Waals surface area contributed by atoms with Crippen LogP contribution in [0.3, 0.4) is 0 Å². The van der Waals surface area contributed by atoms with Crippen LogP contribution in [0.4, 0.5) is 4.79 Å². The molecule has 6 heteroatoms. The Morgan fingerprint density at radius 3 is 2.43 bits per heavy atom. The first-order valence-electron chi connectivity index (χ1n) is 6.45. The minimum Gasteiger partial charge on any atom is -0.444 e. The van der Waals surface area contributed by atoms with E-state index in [-0.39, 0.29) is 5.84 Å². The number of carbonyl (C=O) groups is 1. The van der Waals surface area contributed by atoms with Gasteiger partial charge in [0.05, 0.1) is 0 Å². The van der Waals surface area contributed by atoms with Gasteiger partial charge >= 0.3 is 6.09 Å². The maximum absolute atomic E-state index is 11.6. The number of benzene rings is 1. The molecule has 0 saturated heterocycles. The lowest BCUT2D eigenvalue weighted by molar-refractivity contribution is 0.0563. The fourth-order valence-electron chi connectivity index (χ4n) is 1.65. The van der Waals surface area contributed by atoms with Gasteiger partial charge in [-0.15, -0.1) is 0 Å². The van der Waals surface area contributed by atoms with Crippen molar-refractivity contribution < 1.29 is 14.1 Å². The van der Waals surface area contributed by atoms with E-state index >= 15 is 0 Å². The lowest BCUT2D eigenvalue weighted by Crippen LogP contribution is -2.36. The highest BCUT2D eigenvalue weighted by atomic mass is 16.6. The average Bonchev–Trinajstić information content (AvgIpc) is 2.90. The summed E-state index contributed by atoms with van der Waals surface area (Å²) in [4.78, 5) is 11.6. The first-order chi connectivity index (χ1) is 9.85. The van der Waals surface area contributed by atoms with Crippen molar-refractivity contribution in [1.82, 2.24) is 10.5 Å². The summed E-state index contributed by atoms with van der Waals surface area (Å²) in [6.07, 6.45) is 0.850. The molecule has 110 valence electrons. The molecule has 0 atom stereocenters. The Hall–Kier alpha value is -2.63. The number of amidine groups is 1. The van der Waals surface area contributed by atoms with Crippen molar-refractivity contribution >= 4 is 11.9 Å². The van der Waals surface area contributed by atoms with Gasteiger partial charge in [0.2, 0.25) is 0 Å². The molecule has 0 radical (unpaired) electrons. The standard InChI is InChI=1S/C15H17N3O3/c1-15(2,3)21-14(19)17-13(16)11-6-4-10(5-7-11)12-8-9-20-18-12/h4-9H,1-3H3,(H2,16,17,19). The largest absolute Gasteiger partial charge is 0.444 e. The van der Waals surface area contributed by atoms with E-state index in [9.17, 15) is 4.79 Å². The van der Waals surface area contributed by atoms with E-state index in [1.807, 2.05) is 0 Å². The number of nitrogens with zero attached hydrogens (tertiary/aromatic N) is 1. The maximum Gasteiger partial charge on any atom is 0.413 e. The first kappa shape index (κ1) is 14.8. The topological polar surface area (TPSA) is 88.2 Å². The number of alkyl carbamates (subject to hydrolysis) is 1. The summed E-state index contributed by atoms with van der Waals surface area (Å²) in [6, 6.07) is 8.81. The highest BCUT2D eigenvalue weighted by Crippen LogP contribution is 2.17. The third-order valence-electron chi connectivity index (χ3n) is 2.53. The van der Waals surface area contributed by atoms with Crippen molar-refractivity contribution in [1.29, 1.82) is 5.41 Å². The molecule has 6 nitrogen and oxygen atoms in total. The van der Waals surface area contributed by atoms with Crippen molar-refractivity contribution in [3.63, 3.8) is 0 Å². The Labute approximate surface area is 122 Å². The van der Waals surface area contributed by atoms with E-state index < -0.39 is 11.7 Å². The second-order valence-corrected chi connectivity index (χ2v) is 5.46. The fourth-order valence-corrected chi connectivity index (χ4v) is 1.65. The monoisotopic (exact) mass is 287 g/mol. The van der Waals surface area contributed by atoms with E-state index in [0.29, 0.717) is 11.3 Å². The van der Waals surface area contributed by atoms with Crippen LogP contribution in [0, 0.1) is 5.41 Å². The van der Waals surface area contributed by atoms with Gasteiger partial charge < -0.3 is 9.26 Å². The molecular formula is C15H17N3O3. The Morgan fingerprint density at radius 2 is 1.90 bits per heavy atom. The summed E-state index contributed by atoms with van der Waals surface area (Å²) in [5.41, 5.74) is 1.57. The minimum atomic E-state index is -0.645. The Balaban J connectivity index is 2.02. The molecule has 0 bridgehead atoms. The predicted molar refractivity (Wildman–Crippen MR) is 78.1 cm³/mol. The molecule has 1 amide bonds. The van der Waals surface area contributed by atoms with Crippen LogP contribution < -0.4 is 5.32 Å². The van der Waals surface area contributed by atoms with Crippen LogP contribution >= 0.6 is 0 Å². The lowest BCUT2D eigenvalue weighted by atomic mass is 10.1. The minimum absolute atomic E-state index is 0.0176. The second-order valence-electron chi connectivity index (χ2n) is 5.46. The van der Waals surface area contributed by atoms with Gasteiger partial charge in [0.25, 0.3) is 0 Å². The Kier molecular flexibility index (Phi) is 4.07. The molecule has 2 rings (SSSR count). The predicted octanol–water partition coefficient (Wildman–Crippen LogP) is 3.19. The zero-order chi connectivity index (χ0) is 15.5. The van der Waals surface area contributed by atoms with E-state index in [0.717, 1.165) is 5.56 Å². The van der Waals surface area contributed by atoms with Gasteiger partial charge in [-0.3, -0.25) is 10.7 Å². The molecule has 0 aliphatic carbocycles. The molecule has 1 aromatic carbocycles. The molecule has 0 fully saturated rings. The van der Waals surface area contributed by atoms with Crippen LogP contribution in [0.2, 0.25) is 0 Å². The molecule has 1 aromatic heterocycles. The third-order valence-corrected chi connectivity index (χ3v) is 2.53. The molecule has 2 N–H and O–H groups in total. The Morgan fingerprint density at radius 1 is 1.24 bits per heavy atom. The molecule has 0 unspecified atom stereocenters. The molecule has 0 aliphatic rings. The van der Waals surface area contributed by atoms with Gasteiger partial charge in [0.1, 0.15) is 23.4 Å². The summed E-state index contributed by atoms with van der Waals surface area (Å²) in [6.45, 7) is 5.30. The fraction of sp³-hybridized carbons (Fsp3) is 0.267. The summed E-state index contributed by atoms with van der Waals surface area (Å²) in [5.74, 6) is -0.0176. The SMILES string of the molecule is CC(C)(C)OC(=O)NC(=N)c1ccc(-c2ccon2)cc1. The number of carbonyl (C=O) groups excluding carboxylic acids is 1. The molecule has 0 aliphatic heterocycles. The second kappa shape index (κ2) is 5.78. The quantitative estimate of drug-likeness (QED) is 0.655. The van der Waals surface area contributed by atoms with Gasteiger partial charge in [-0.05, 0) is 20.8 Å². The van der Waals surface area contributed by atoms with Crippen molar-refractivity contribution in [3.8, 4) is 11.3 Å². The Bertz CT molecular complexity index is 625. The number of aromatic nitrogens is 1. The molecule has 1 heterocycles. The molecule has 0 saturated carbocycles. The summed E-state index contributed by atoms with van der Waals surface area (Å²) in [7, 11) is 0. The lowest BCUT2D eigenvalue weighted by Gasteiger charge is -2.19. The number of nitrogens with one attached hydrogen (secondary N) is 2. The van der Waals surface area contributed by atoms with Crippen LogP contribution in [0.5, 0.6) is 0 Å². The van der Waals surface area contributed by atoms with Gasteiger partial charge in [0, 0.05) is 17.2 Å². The van der Waals surface area contributed by atoms with Crippen molar-refractivity contribution in [2.45, 2.75) is 26.4 Å². The first-order valence-corrected chi connectivity index (χ1v) is 6.45. The highest BCUT2D eigenvalue weighted by molar-refractivity contribution is 6.04. The number of amides is 1. The zero-order valence-corrected chi connectivity index (χ0v) is 12.1. The third kappa shape index (κ3) is 4.17. The van der Waals surface area contributed by atoms with Gasteiger partial charge in [0.15, 0.2) is 0 Å². The zero-order valence-electron chi connectivity index (χ0n) is 12.1. The van der Waals surface area contributed by atoms with E-state index in [4.69, 9.17) is 14.7 Å². The van der Waals surface area contributed by atoms with Gasteiger partial charge in [-0.25, -0.2) is 4.79 Å². The molecule has 21 heavy (non-hydrogen) atoms. The normalized spacial score (nSPS) is 11.0. The maximum atomic E-state index is 11.6. The summed E-state index contributed by atoms with van der Waals surface area (Å²) < 4.78 is 9.88. The number of hydrogen-bond acceptors (Lipinski definition) is 5. The molecule has 2 aromatic rings. The van der Waals surface area contributed by atoms with Gasteiger partial charge in [-0.1, -0.05) is 29.4 Å². The summed E-state index contributed by atoms with van der Waals surface area (Å²) >= 11 is 0. The number of hydrogen-bond donors (Lipinski definition) is 2. The summed E-state index contributed by atoms with van der Waals surface area (Å²) in [5, 5.41) is 14.1. The molecule has 0 spiro atoms. The number of ether oxygens (including phenoxy) is 1. The smallest absolute Gasteiger partial charge is 0.413 e. The van der Waals surface area contributed by atoms with E-state index in [1.54, 1.807) is 51.1 Å². The van der Waals surface area contributed by atoms with Crippen LogP contribution in [0.1, 0.15) is 26.3 Å². The van der Waals surface area contributed by atoms with Crippen LogP contribution in [0.25, 0.3) is 11.3 Å². The number of rotatable bonds is 2. The highest BCUT2D eigenvalue weighted by Gasteiger charge is 2.17. The van der Waals surface area contributed by atoms with Gasteiger partial charge in [-0.2, -0.15) is 0 Å². The van der Waals surface area contributed by atoms with Crippen molar-refractivity contribution in [3.05, 3.63) is 42.2 Å². The van der Waals surface area contributed by atoms with Crippen LogP contribution in [-0.4, -0.2) is 22.7 Å². The molecular weight excluding hydrogens is 270 g/mol. The average molecular weight is 287 g/mol.